The van der Waals surface area contributed by atoms with E-state index in [1.54, 1.807) is 12.1 Å². The van der Waals surface area contributed by atoms with Gasteiger partial charge < -0.3 is 25.6 Å². The van der Waals surface area contributed by atoms with Crippen molar-refractivity contribution >= 4 is 34.6 Å². The van der Waals surface area contributed by atoms with Crippen molar-refractivity contribution in [2.45, 2.75) is 24.6 Å². The Hall–Kier alpha value is -4.48. The molecular weight excluding hydrogens is 510 g/mol. The summed E-state index contributed by atoms with van der Waals surface area (Å²) in [5.74, 6) is -3.73. The fourth-order valence-electron chi connectivity index (χ4n) is 4.69. The van der Waals surface area contributed by atoms with Crippen LogP contribution < -0.4 is 25.4 Å². The molecule has 0 spiro atoms. The zero-order valence-corrected chi connectivity index (χ0v) is 19.6. The number of ether oxygens (including phenoxy) is 2. The number of para-hydroxylation sites is 1. The Balaban J connectivity index is 1.52. The molecule has 2 aliphatic heterocycles. The maximum atomic E-state index is 13.8. The first-order chi connectivity index (χ1) is 18.0. The molecule has 0 saturated heterocycles. The van der Waals surface area contributed by atoms with Crippen LogP contribution in [0, 0.1) is 5.82 Å². The number of fused-ring (bicyclic) bond motifs is 2. The molecule has 0 bridgehead atoms. The van der Waals surface area contributed by atoms with Gasteiger partial charge in [-0.3, -0.25) is 14.5 Å². The maximum Gasteiger partial charge on any atom is 0.471 e. The summed E-state index contributed by atoms with van der Waals surface area (Å²) in [7, 11) is 0. The van der Waals surface area contributed by atoms with Crippen LogP contribution in [-0.2, 0) is 9.59 Å². The summed E-state index contributed by atoms with van der Waals surface area (Å²) in [5.41, 5.74) is 7.47. The molecule has 38 heavy (non-hydrogen) atoms. The van der Waals surface area contributed by atoms with Gasteiger partial charge in [0.15, 0.2) is 0 Å². The molecule has 3 aromatic carbocycles. The van der Waals surface area contributed by atoms with E-state index in [0.29, 0.717) is 21.7 Å². The normalized spacial score (nSPS) is 17.7. The van der Waals surface area contributed by atoms with Crippen LogP contribution >= 0.6 is 0 Å². The molecule has 0 aliphatic carbocycles. The number of carbonyl (C=O) groups excluding carboxylic acids is 1. The number of rotatable bonds is 6. The molecule has 3 aromatic rings. The predicted molar refractivity (Wildman–Crippen MR) is 129 cm³/mol. The highest BCUT2D eigenvalue weighted by molar-refractivity contribution is 5.98. The molecule has 1 unspecified atom stereocenters. The van der Waals surface area contributed by atoms with E-state index in [4.69, 9.17) is 20.3 Å². The topological polar surface area (TPSA) is 114 Å². The Morgan fingerprint density at radius 2 is 1.82 bits per heavy atom. The first-order valence-electron chi connectivity index (χ1n) is 11.5. The van der Waals surface area contributed by atoms with Crippen LogP contribution in [0.3, 0.4) is 0 Å². The molecule has 0 radical (unpaired) electrons. The van der Waals surface area contributed by atoms with Gasteiger partial charge in [0.05, 0.1) is 36.1 Å². The Labute approximate surface area is 213 Å². The van der Waals surface area contributed by atoms with Crippen molar-refractivity contribution in [1.82, 2.24) is 0 Å². The van der Waals surface area contributed by atoms with Crippen molar-refractivity contribution in [1.29, 1.82) is 0 Å². The number of carbonyl (C=O) groups is 2. The third-order valence-electron chi connectivity index (χ3n) is 6.42. The van der Waals surface area contributed by atoms with E-state index in [0.717, 1.165) is 0 Å². The number of nitrogens with zero attached hydrogens (tertiary/aromatic N) is 1. The van der Waals surface area contributed by atoms with Gasteiger partial charge in [-0.2, -0.15) is 13.2 Å². The molecule has 12 heteroatoms. The molecule has 0 aromatic heterocycles. The van der Waals surface area contributed by atoms with E-state index in [1.807, 2.05) is 0 Å². The Bertz CT molecular complexity index is 1430. The predicted octanol–water partition coefficient (Wildman–Crippen LogP) is 5.13. The van der Waals surface area contributed by atoms with Crippen LogP contribution in [0.2, 0.25) is 0 Å². The third kappa shape index (κ3) is 4.64. The highest BCUT2D eigenvalue weighted by Gasteiger charge is 2.48. The van der Waals surface area contributed by atoms with Gasteiger partial charge in [-0.1, -0.05) is 18.2 Å². The number of amides is 1. The molecule has 1 amide bonds. The Kier molecular flexibility index (Phi) is 6.25. The van der Waals surface area contributed by atoms with Gasteiger partial charge in [0.2, 0.25) is 0 Å². The number of hydrogen-bond acceptors (Lipinski definition) is 6. The minimum Gasteiger partial charge on any atom is -0.493 e. The summed E-state index contributed by atoms with van der Waals surface area (Å²) in [6, 6.07) is 11.4. The second-order valence-electron chi connectivity index (χ2n) is 8.91. The average Bonchev–Trinajstić information content (AvgIpc) is 3.46. The van der Waals surface area contributed by atoms with Crippen molar-refractivity contribution in [3.8, 4) is 11.5 Å². The average molecular weight is 531 g/mol. The highest BCUT2D eigenvalue weighted by Crippen LogP contribution is 2.47. The molecule has 0 saturated carbocycles. The molecular formula is C26H21F4N3O5. The number of aliphatic carboxylic acids is 1. The summed E-state index contributed by atoms with van der Waals surface area (Å²) in [5, 5.41) is 12.1. The van der Waals surface area contributed by atoms with E-state index < -0.39 is 35.8 Å². The molecule has 4 N–H and O–H groups in total. The monoisotopic (exact) mass is 531 g/mol. The zero-order chi connectivity index (χ0) is 27.2. The lowest BCUT2D eigenvalue weighted by Crippen LogP contribution is -2.44. The second kappa shape index (κ2) is 9.43. The number of carboxylic acid groups (broad SMARTS) is 1. The number of halogens is 4. The first kappa shape index (κ1) is 25.2. The van der Waals surface area contributed by atoms with E-state index in [-0.39, 0.29) is 48.2 Å². The van der Waals surface area contributed by atoms with E-state index in [2.05, 4.69) is 5.32 Å². The second-order valence-corrected chi connectivity index (χ2v) is 8.91. The van der Waals surface area contributed by atoms with Crippen molar-refractivity contribution < 1.29 is 41.7 Å². The zero-order valence-electron chi connectivity index (χ0n) is 19.6. The standard InChI is InChI=1S/C26H21F4N3O5/c27-14-4-7-18(31)20(9-14)32-19-3-1-2-17-21(12-38-24(17)19)33(25(36)26(28,29)30)15-5-6-16-13(8-23(34)35)11-37-22(16)10-15/h1-7,9-10,13,21,32H,8,11-12,31H2,(H,34,35)/t13-,21?/m1/s1. The summed E-state index contributed by atoms with van der Waals surface area (Å²) in [4.78, 5) is 24.4. The molecule has 198 valence electrons. The van der Waals surface area contributed by atoms with Crippen LogP contribution in [0.4, 0.5) is 40.3 Å². The number of benzene rings is 3. The molecule has 0 fully saturated rings. The number of anilines is 4. The van der Waals surface area contributed by atoms with Crippen LogP contribution in [0.1, 0.15) is 29.5 Å². The molecule has 2 aliphatic rings. The minimum absolute atomic E-state index is 0.0614. The number of hydrogen-bond donors (Lipinski definition) is 3. The molecule has 5 rings (SSSR count). The van der Waals surface area contributed by atoms with Crippen molar-refractivity contribution in [3.05, 3.63) is 71.5 Å². The summed E-state index contributed by atoms with van der Waals surface area (Å²) in [6.07, 6.45) is -5.40. The quantitative estimate of drug-likeness (QED) is 0.299. The highest BCUT2D eigenvalue weighted by atomic mass is 19.4. The van der Waals surface area contributed by atoms with E-state index in [1.165, 1.54) is 42.5 Å². The van der Waals surface area contributed by atoms with Gasteiger partial charge in [-0.25, -0.2) is 4.39 Å². The molecule has 8 nitrogen and oxygen atoms in total. The molecule has 2 atom stereocenters. The van der Waals surface area contributed by atoms with E-state index >= 15 is 0 Å². The van der Waals surface area contributed by atoms with Gasteiger partial charge in [0.25, 0.3) is 0 Å². The summed E-state index contributed by atoms with van der Waals surface area (Å²) >= 11 is 0. The largest absolute Gasteiger partial charge is 0.493 e. The fraction of sp³-hybridized carbons (Fsp3) is 0.231. The lowest BCUT2D eigenvalue weighted by molar-refractivity contribution is -0.171. The number of nitrogens with two attached hydrogens (primary N) is 1. The lowest BCUT2D eigenvalue weighted by Gasteiger charge is -2.29. The first-order valence-corrected chi connectivity index (χ1v) is 11.5. The van der Waals surface area contributed by atoms with Gasteiger partial charge in [0, 0.05) is 28.8 Å². The van der Waals surface area contributed by atoms with Crippen LogP contribution in [0.5, 0.6) is 11.5 Å². The SMILES string of the molecule is Nc1ccc(F)cc1Nc1cccc2c1OCC2N(C(=O)C(F)(F)F)c1ccc2c(c1)OC[C@H]2CC(=O)O. The van der Waals surface area contributed by atoms with Gasteiger partial charge >= 0.3 is 18.1 Å². The third-order valence-corrected chi connectivity index (χ3v) is 6.42. The number of nitrogens with one attached hydrogen (secondary N) is 1. The maximum absolute atomic E-state index is 13.8. The number of alkyl halides is 3. The number of nitrogen functional groups attached to an aromatic ring is 1. The summed E-state index contributed by atoms with van der Waals surface area (Å²) < 4.78 is 66.3. The van der Waals surface area contributed by atoms with Crippen LogP contribution in [0.25, 0.3) is 0 Å². The van der Waals surface area contributed by atoms with Crippen molar-refractivity contribution in [2.24, 2.45) is 0 Å². The van der Waals surface area contributed by atoms with Gasteiger partial charge in [0.1, 0.15) is 23.9 Å². The van der Waals surface area contributed by atoms with Crippen LogP contribution in [0.15, 0.2) is 54.6 Å². The number of carboxylic acids is 1. The minimum atomic E-state index is -5.19. The van der Waals surface area contributed by atoms with Crippen LogP contribution in [-0.4, -0.2) is 36.4 Å². The lowest BCUT2D eigenvalue weighted by atomic mass is 9.97. The smallest absolute Gasteiger partial charge is 0.471 e. The fourth-order valence-corrected chi connectivity index (χ4v) is 4.69. The molecule has 2 heterocycles. The van der Waals surface area contributed by atoms with Gasteiger partial charge in [-0.05, 0) is 30.3 Å². The summed E-state index contributed by atoms with van der Waals surface area (Å²) in [6.45, 7) is -0.222. The Morgan fingerprint density at radius 3 is 2.55 bits per heavy atom. The van der Waals surface area contributed by atoms with Gasteiger partial charge in [-0.15, -0.1) is 0 Å². The van der Waals surface area contributed by atoms with E-state index in [9.17, 15) is 27.2 Å². The van der Waals surface area contributed by atoms with Crippen molar-refractivity contribution in [2.75, 3.05) is 29.2 Å². The Morgan fingerprint density at radius 1 is 1.03 bits per heavy atom. The van der Waals surface area contributed by atoms with Crippen molar-refractivity contribution in [3.63, 3.8) is 0 Å².